The van der Waals surface area contributed by atoms with Crippen molar-refractivity contribution in [1.29, 1.82) is 5.26 Å². The van der Waals surface area contributed by atoms with Crippen molar-refractivity contribution in [2.75, 3.05) is 24.6 Å². The zero-order valence-corrected chi connectivity index (χ0v) is 31.9. The van der Waals surface area contributed by atoms with Gasteiger partial charge in [-0.05, 0) is 70.3 Å². The first-order valence-corrected chi connectivity index (χ1v) is 21.5. The van der Waals surface area contributed by atoms with Gasteiger partial charge in [-0.1, -0.05) is 31.8 Å². The van der Waals surface area contributed by atoms with Crippen LogP contribution in [0.4, 0.5) is 19.5 Å². The predicted molar refractivity (Wildman–Crippen MR) is 199 cm³/mol. The van der Waals surface area contributed by atoms with E-state index in [1.165, 1.54) is 12.1 Å². The minimum atomic E-state index is -1.32. The number of amides is 1. The van der Waals surface area contributed by atoms with E-state index in [0.29, 0.717) is 36.7 Å². The zero-order valence-electron chi connectivity index (χ0n) is 30.1. The van der Waals surface area contributed by atoms with Gasteiger partial charge in [-0.3, -0.25) is 0 Å². The van der Waals surface area contributed by atoms with E-state index in [1.807, 2.05) is 34.7 Å². The van der Waals surface area contributed by atoms with Crippen LogP contribution >= 0.6 is 11.3 Å². The number of thiazole rings is 1. The molecule has 0 spiro atoms. The largest absolute Gasteiger partial charge is 0.444 e. The molecule has 1 fully saturated rings. The summed E-state index contributed by atoms with van der Waals surface area (Å²) in [6, 6.07) is 12.8. The lowest BCUT2D eigenvalue weighted by atomic mass is 9.80. The van der Waals surface area contributed by atoms with Gasteiger partial charge in [-0.25, -0.2) is 23.5 Å². The SMILES string of the molecule is Cc1nc2ccc(-c3cn(COCC[Si](C)(C)C)c4nc(N5CCC(NC(=O)OC(C)(C)C)(c6ccc(F)cc6F)CC5)nc(C#N)c34)cc2s1. The summed E-state index contributed by atoms with van der Waals surface area (Å²) in [6.07, 6.45) is 1.77. The van der Waals surface area contributed by atoms with Gasteiger partial charge in [0.05, 0.1) is 26.1 Å². The van der Waals surface area contributed by atoms with Gasteiger partial charge in [0, 0.05) is 51.2 Å². The molecule has 0 atom stereocenters. The number of anilines is 1. The number of benzene rings is 2. The molecule has 51 heavy (non-hydrogen) atoms. The normalized spacial score (nSPS) is 14.9. The van der Waals surface area contributed by atoms with Crippen molar-refractivity contribution in [3.8, 4) is 17.2 Å². The molecule has 1 aliphatic rings. The minimum absolute atomic E-state index is 0.172. The smallest absolute Gasteiger partial charge is 0.408 e. The number of piperidine rings is 1. The molecule has 0 unspecified atom stereocenters. The number of aromatic nitrogens is 4. The Morgan fingerprint density at radius 3 is 2.51 bits per heavy atom. The molecule has 0 bridgehead atoms. The summed E-state index contributed by atoms with van der Waals surface area (Å²) < 4.78 is 43.9. The van der Waals surface area contributed by atoms with Crippen LogP contribution in [0.2, 0.25) is 25.7 Å². The number of nitrogens with zero attached hydrogens (tertiary/aromatic N) is 6. The minimum Gasteiger partial charge on any atom is -0.444 e. The summed E-state index contributed by atoms with van der Waals surface area (Å²) in [7, 11) is -1.32. The van der Waals surface area contributed by atoms with Gasteiger partial charge < -0.3 is 24.3 Å². The lowest BCUT2D eigenvalue weighted by molar-refractivity contribution is 0.0428. The van der Waals surface area contributed by atoms with Crippen molar-refractivity contribution < 1.29 is 23.0 Å². The maximum atomic E-state index is 15.3. The Labute approximate surface area is 301 Å². The van der Waals surface area contributed by atoms with E-state index in [2.05, 4.69) is 42.1 Å². The van der Waals surface area contributed by atoms with Crippen LogP contribution in [-0.2, 0) is 21.7 Å². The summed E-state index contributed by atoms with van der Waals surface area (Å²) in [4.78, 5) is 29.3. The maximum absolute atomic E-state index is 15.3. The second-order valence-electron chi connectivity index (χ2n) is 15.3. The molecule has 3 aromatic heterocycles. The van der Waals surface area contributed by atoms with E-state index in [0.717, 1.165) is 38.5 Å². The average Bonchev–Trinajstić information content (AvgIpc) is 3.60. The molecule has 4 heterocycles. The van der Waals surface area contributed by atoms with E-state index in [1.54, 1.807) is 32.1 Å². The molecule has 10 nitrogen and oxygen atoms in total. The fourth-order valence-corrected chi connectivity index (χ4v) is 8.01. The van der Waals surface area contributed by atoms with Crippen LogP contribution in [0, 0.1) is 29.9 Å². The summed E-state index contributed by atoms with van der Waals surface area (Å²) in [5.41, 5.74) is 1.66. The number of rotatable bonds is 9. The lowest BCUT2D eigenvalue weighted by Crippen LogP contribution is -2.54. The standard InChI is InChI=1S/C37H43F2N7O3SSi/c1-23-41-29-11-8-24(18-31(29)50-23)26-21-46(22-48-16-17-51(5,6)7)33-32(26)30(20-40)42-34(43-33)45-14-12-37(13-15-45,44-35(47)49-36(2,3)4)27-10-9-25(38)19-28(27)39/h8-11,18-19,21H,12-17,22H2,1-7H3,(H,44,47). The molecule has 6 rings (SSSR count). The van der Waals surface area contributed by atoms with Gasteiger partial charge >= 0.3 is 6.09 Å². The molecule has 5 aromatic rings. The van der Waals surface area contributed by atoms with Gasteiger partial charge in [0.15, 0.2) is 5.69 Å². The van der Waals surface area contributed by atoms with Crippen molar-refractivity contribution in [2.24, 2.45) is 0 Å². The van der Waals surface area contributed by atoms with Crippen LogP contribution in [0.5, 0.6) is 0 Å². The number of fused-ring (bicyclic) bond motifs is 2. The molecule has 0 aliphatic carbocycles. The van der Waals surface area contributed by atoms with Gasteiger partial charge in [0.2, 0.25) is 5.95 Å². The third-order valence-corrected chi connectivity index (χ3v) is 11.6. The summed E-state index contributed by atoms with van der Waals surface area (Å²) in [6.45, 7) is 15.6. The Hall–Kier alpha value is -4.45. The molecule has 1 aliphatic heterocycles. The molecule has 14 heteroatoms. The van der Waals surface area contributed by atoms with E-state index in [9.17, 15) is 14.4 Å². The van der Waals surface area contributed by atoms with E-state index < -0.39 is 36.9 Å². The first-order valence-electron chi connectivity index (χ1n) is 17.0. The number of nitrogens with one attached hydrogen (secondary N) is 1. The number of aryl methyl sites for hydroxylation is 1. The molecular weight excluding hydrogens is 689 g/mol. The first-order chi connectivity index (χ1) is 24.0. The van der Waals surface area contributed by atoms with Crippen molar-refractivity contribution >= 4 is 52.7 Å². The Balaban J connectivity index is 1.37. The average molecular weight is 732 g/mol. The first kappa shape index (κ1) is 36.3. The highest BCUT2D eigenvalue weighted by atomic mass is 32.1. The van der Waals surface area contributed by atoms with Crippen molar-refractivity contribution in [2.45, 2.75) is 84.1 Å². The van der Waals surface area contributed by atoms with Crippen molar-refractivity contribution in [1.82, 2.24) is 24.8 Å². The van der Waals surface area contributed by atoms with E-state index >= 15 is 4.39 Å². The highest BCUT2D eigenvalue weighted by molar-refractivity contribution is 7.18. The van der Waals surface area contributed by atoms with Crippen LogP contribution < -0.4 is 10.2 Å². The Bertz CT molecular complexity index is 2140. The quantitative estimate of drug-likeness (QED) is 0.119. The van der Waals surface area contributed by atoms with Crippen LogP contribution in [0.15, 0.2) is 42.6 Å². The van der Waals surface area contributed by atoms with Gasteiger partial charge in [-0.15, -0.1) is 11.3 Å². The molecule has 0 saturated carbocycles. The number of alkyl carbamates (subject to hydrolysis) is 1. The van der Waals surface area contributed by atoms with Gasteiger partial charge in [0.25, 0.3) is 0 Å². The van der Waals surface area contributed by atoms with Gasteiger partial charge in [0.1, 0.15) is 35.7 Å². The Morgan fingerprint density at radius 1 is 1.10 bits per heavy atom. The Kier molecular flexibility index (Phi) is 9.93. The second-order valence-corrected chi connectivity index (χ2v) is 22.1. The summed E-state index contributed by atoms with van der Waals surface area (Å²) in [5.74, 6) is -1.12. The van der Waals surface area contributed by atoms with Crippen LogP contribution in [0.25, 0.3) is 32.4 Å². The summed E-state index contributed by atoms with van der Waals surface area (Å²) in [5, 5.41) is 15.0. The fraction of sp³-hybridized carbons (Fsp3) is 0.432. The number of ether oxygens (including phenoxy) is 2. The summed E-state index contributed by atoms with van der Waals surface area (Å²) >= 11 is 1.61. The molecular formula is C37H43F2N7O3SSi. The third kappa shape index (κ3) is 8.06. The predicted octanol–water partition coefficient (Wildman–Crippen LogP) is 8.50. The van der Waals surface area contributed by atoms with Crippen molar-refractivity contribution in [3.63, 3.8) is 0 Å². The monoisotopic (exact) mass is 731 g/mol. The van der Waals surface area contributed by atoms with E-state index in [-0.39, 0.29) is 30.8 Å². The van der Waals surface area contributed by atoms with Crippen LogP contribution in [-0.4, -0.2) is 59.0 Å². The second kappa shape index (κ2) is 13.9. The maximum Gasteiger partial charge on any atom is 0.408 e. The fourth-order valence-electron chi connectivity index (χ4n) is 6.39. The third-order valence-electron chi connectivity index (χ3n) is 8.93. The van der Waals surface area contributed by atoms with Crippen LogP contribution in [0.1, 0.15) is 49.9 Å². The Morgan fingerprint density at radius 2 is 1.84 bits per heavy atom. The number of halogens is 2. The molecule has 1 saturated heterocycles. The zero-order chi connectivity index (χ0) is 36.7. The molecule has 268 valence electrons. The number of hydrogen-bond acceptors (Lipinski definition) is 9. The highest BCUT2D eigenvalue weighted by Crippen LogP contribution is 2.39. The van der Waals surface area contributed by atoms with Gasteiger partial charge in [-0.2, -0.15) is 10.2 Å². The van der Waals surface area contributed by atoms with Crippen molar-refractivity contribution in [3.05, 3.63) is 70.5 Å². The number of nitriles is 1. The van der Waals surface area contributed by atoms with Crippen LogP contribution in [0.3, 0.4) is 0 Å². The number of hydrogen-bond donors (Lipinski definition) is 1. The molecule has 1 N–H and O–H groups in total. The molecule has 0 radical (unpaired) electrons. The lowest BCUT2D eigenvalue weighted by Gasteiger charge is -2.43. The number of carbonyl (C=O) groups is 1. The molecule has 1 amide bonds. The number of carbonyl (C=O) groups excluding carboxylic acids is 1. The topological polar surface area (TPSA) is 118 Å². The molecule has 2 aromatic carbocycles. The van der Waals surface area contributed by atoms with E-state index in [4.69, 9.17) is 19.4 Å². The highest BCUT2D eigenvalue weighted by Gasteiger charge is 2.41.